The van der Waals surface area contributed by atoms with Crippen molar-refractivity contribution in [2.45, 2.75) is 27.7 Å². The van der Waals surface area contributed by atoms with Gasteiger partial charge in [-0.15, -0.1) is 0 Å². The van der Waals surface area contributed by atoms with E-state index in [-0.39, 0.29) is 0 Å². The van der Waals surface area contributed by atoms with Gasteiger partial charge in [0.25, 0.3) is 0 Å². The molecule has 0 fully saturated rings. The minimum atomic E-state index is 0.550. The normalized spacial score (nSPS) is 12.2. The lowest BCUT2D eigenvalue weighted by Gasteiger charge is -2.21. The van der Waals surface area contributed by atoms with Crippen molar-refractivity contribution in [1.29, 1.82) is 0 Å². The monoisotopic (exact) mass is 215 g/mol. The van der Waals surface area contributed by atoms with Crippen LogP contribution in [0.1, 0.15) is 27.7 Å². The van der Waals surface area contributed by atoms with Crippen LogP contribution in [0.3, 0.4) is 0 Å². The molecule has 0 aromatic carbocycles. The highest BCUT2D eigenvalue weighted by Gasteiger charge is 2.04. The van der Waals surface area contributed by atoms with Crippen molar-refractivity contribution in [3.63, 3.8) is 0 Å². The van der Waals surface area contributed by atoms with Crippen molar-refractivity contribution in [3.8, 4) is 0 Å². The first-order valence-electron chi connectivity index (χ1n) is 5.74. The number of rotatable bonds is 7. The molecule has 0 bridgehead atoms. The van der Waals surface area contributed by atoms with Crippen molar-refractivity contribution in [3.05, 3.63) is 0 Å². The Balaban J connectivity index is 3.97. The third-order valence-electron chi connectivity index (χ3n) is 2.03. The first-order chi connectivity index (χ1) is 7.11. The number of nitrogens with zero attached hydrogens (tertiary/aromatic N) is 2. The van der Waals surface area contributed by atoms with E-state index >= 15 is 0 Å². The van der Waals surface area contributed by atoms with Crippen molar-refractivity contribution in [2.75, 3.05) is 32.8 Å². The predicted molar refractivity (Wildman–Crippen MR) is 65.1 cm³/mol. The summed E-state index contributed by atoms with van der Waals surface area (Å²) in [6.45, 7) is 12.3. The summed E-state index contributed by atoms with van der Waals surface area (Å²) in [5, 5.41) is 0. The number of hydrogen-bond acceptors (Lipinski definition) is 2. The van der Waals surface area contributed by atoms with Gasteiger partial charge in [-0.25, -0.2) is 0 Å². The Morgan fingerprint density at radius 1 is 1.40 bits per heavy atom. The number of hydrogen-bond donors (Lipinski definition) is 1. The molecule has 0 spiro atoms. The van der Waals surface area contributed by atoms with E-state index in [1.165, 1.54) is 0 Å². The second kappa shape index (κ2) is 8.53. The maximum Gasteiger partial charge on any atom is 0.191 e. The molecule has 0 aliphatic rings. The summed E-state index contributed by atoms with van der Waals surface area (Å²) in [4.78, 5) is 6.38. The maximum atomic E-state index is 5.88. The first-order valence-corrected chi connectivity index (χ1v) is 5.74. The molecule has 0 aromatic rings. The van der Waals surface area contributed by atoms with Crippen molar-refractivity contribution < 1.29 is 4.74 Å². The van der Waals surface area contributed by atoms with Gasteiger partial charge in [-0.05, 0) is 19.8 Å². The zero-order valence-electron chi connectivity index (χ0n) is 10.5. The van der Waals surface area contributed by atoms with E-state index in [2.05, 4.69) is 25.8 Å². The highest BCUT2D eigenvalue weighted by Crippen LogP contribution is 1.94. The molecular formula is C11H25N3O. The fourth-order valence-electron chi connectivity index (χ4n) is 1.13. The quantitative estimate of drug-likeness (QED) is 0.396. The van der Waals surface area contributed by atoms with Crippen LogP contribution < -0.4 is 5.73 Å². The van der Waals surface area contributed by atoms with Crippen LogP contribution in [0.4, 0.5) is 0 Å². The van der Waals surface area contributed by atoms with Gasteiger partial charge < -0.3 is 15.4 Å². The number of nitrogens with two attached hydrogens (primary N) is 1. The number of likely N-dealkylation sites (N-methyl/N-ethyl adjacent to an activating group) is 1. The molecule has 0 saturated carbocycles. The van der Waals surface area contributed by atoms with E-state index in [0.717, 1.165) is 26.2 Å². The largest absolute Gasteiger partial charge is 0.380 e. The molecule has 0 unspecified atom stereocenters. The Bertz CT molecular complexity index is 181. The minimum Gasteiger partial charge on any atom is -0.380 e. The van der Waals surface area contributed by atoms with Crippen molar-refractivity contribution in [2.24, 2.45) is 16.6 Å². The van der Waals surface area contributed by atoms with Crippen LogP contribution in [0, 0.1) is 5.92 Å². The standard InChI is InChI=1S/C11H25N3O/c1-5-14(7-8-15-6-2)11(12)13-9-10(3)4/h10H,5-9H2,1-4H3,(H2,12,13). The molecule has 0 rings (SSSR count). The van der Waals surface area contributed by atoms with Gasteiger partial charge in [0.15, 0.2) is 5.96 Å². The van der Waals surface area contributed by atoms with Gasteiger partial charge in [-0.3, -0.25) is 4.99 Å². The van der Waals surface area contributed by atoms with E-state index < -0.39 is 0 Å². The molecule has 2 N–H and O–H groups in total. The third-order valence-corrected chi connectivity index (χ3v) is 2.03. The van der Waals surface area contributed by atoms with Crippen LogP contribution in [0.25, 0.3) is 0 Å². The van der Waals surface area contributed by atoms with Gasteiger partial charge in [0.05, 0.1) is 6.61 Å². The summed E-state index contributed by atoms with van der Waals surface area (Å²) in [6, 6.07) is 0. The predicted octanol–water partition coefficient (Wildman–Crippen LogP) is 1.32. The second-order valence-corrected chi connectivity index (χ2v) is 3.87. The van der Waals surface area contributed by atoms with Crippen LogP contribution in [0.15, 0.2) is 4.99 Å². The van der Waals surface area contributed by atoms with E-state index in [4.69, 9.17) is 10.5 Å². The summed E-state index contributed by atoms with van der Waals surface area (Å²) in [6.07, 6.45) is 0. The van der Waals surface area contributed by atoms with E-state index in [1.807, 2.05) is 11.8 Å². The number of aliphatic imine (C=N–C) groups is 1. The summed E-state index contributed by atoms with van der Waals surface area (Å²) >= 11 is 0. The van der Waals surface area contributed by atoms with Gasteiger partial charge >= 0.3 is 0 Å². The van der Waals surface area contributed by atoms with Gasteiger partial charge in [0.2, 0.25) is 0 Å². The van der Waals surface area contributed by atoms with Crippen LogP contribution in [-0.2, 0) is 4.74 Å². The topological polar surface area (TPSA) is 50.9 Å². The Morgan fingerprint density at radius 3 is 2.53 bits per heavy atom. The molecule has 0 atom stereocenters. The van der Waals surface area contributed by atoms with E-state index in [9.17, 15) is 0 Å². The molecule has 0 radical (unpaired) electrons. The summed E-state index contributed by atoms with van der Waals surface area (Å²) in [5.74, 6) is 1.18. The molecule has 0 saturated heterocycles. The lowest BCUT2D eigenvalue weighted by Crippen LogP contribution is -2.39. The van der Waals surface area contributed by atoms with Gasteiger partial charge in [-0.1, -0.05) is 13.8 Å². The number of ether oxygens (including phenoxy) is 1. The van der Waals surface area contributed by atoms with Crippen molar-refractivity contribution >= 4 is 5.96 Å². The van der Waals surface area contributed by atoms with Crippen LogP contribution >= 0.6 is 0 Å². The van der Waals surface area contributed by atoms with Gasteiger partial charge in [0, 0.05) is 26.2 Å². The van der Waals surface area contributed by atoms with Gasteiger partial charge in [0.1, 0.15) is 0 Å². The Kier molecular flexibility index (Phi) is 8.09. The first kappa shape index (κ1) is 14.2. The fraction of sp³-hybridized carbons (Fsp3) is 0.909. The molecule has 15 heavy (non-hydrogen) atoms. The molecule has 0 amide bonds. The van der Waals surface area contributed by atoms with Crippen LogP contribution in [0.2, 0.25) is 0 Å². The SMILES string of the molecule is CCOCCN(CC)C(N)=NCC(C)C. The smallest absolute Gasteiger partial charge is 0.191 e. The summed E-state index contributed by atoms with van der Waals surface area (Å²) in [5.41, 5.74) is 5.88. The molecular weight excluding hydrogens is 190 g/mol. The highest BCUT2D eigenvalue weighted by atomic mass is 16.5. The van der Waals surface area contributed by atoms with Crippen LogP contribution in [0.5, 0.6) is 0 Å². The van der Waals surface area contributed by atoms with Crippen molar-refractivity contribution in [1.82, 2.24) is 4.90 Å². The minimum absolute atomic E-state index is 0.550. The Labute approximate surface area is 93.5 Å². The van der Waals surface area contributed by atoms with E-state index in [1.54, 1.807) is 0 Å². The second-order valence-electron chi connectivity index (χ2n) is 3.87. The average Bonchev–Trinajstić information content (AvgIpc) is 2.21. The molecule has 4 heteroatoms. The number of guanidine groups is 1. The molecule has 90 valence electrons. The zero-order valence-corrected chi connectivity index (χ0v) is 10.5. The molecule has 0 aliphatic heterocycles. The summed E-state index contributed by atoms with van der Waals surface area (Å²) in [7, 11) is 0. The summed E-state index contributed by atoms with van der Waals surface area (Å²) < 4.78 is 5.29. The lowest BCUT2D eigenvalue weighted by atomic mass is 10.2. The Hall–Kier alpha value is -0.770. The highest BCUT2D eigenvalue weighted by molar-refractivity contribution is 5.78. The molecule has 0 aliphatic carbocycles. The zero-order chi connectivity index (χ0) is 11.7. The Morgan fingerprint density at radius 2 is 2.07 bits per heavy atom. The maximum absolute atomic E-state index is 5.88. The van der Waals surface area contributed by atoms with Gasteiger partial charge in [-0.2, -0.15) is 0 Å². The molecule has 0 heterocycles. The average molecular weight is 215 g/mol. The van der Waals surface area contributed by atoms with E-state index in [0.29, 0.717) is 18.5 Å². The fourth-order valence-corrected chi connectivity index (χ4v) is 1.13. The third kappa shape index (κ3) is 7.19. The lowest BCUT2D eigenvalue weighted by molar-refractivity contribution is 0.133. The molecule has 4 nitrogen and oxygen atoms in total. The van der Waals surface area contributed by atoms with Crippen LogP contribution in [-0.4, -0.2) is 43.7 Å². The molecule has 0 aromatic heterocycles.